The molecule has 1 saturated heterocycles. The van der Waals surface area contributed by atoms with Crippen molar-refractivity contribution in [3.63, 3.8) is 0 Å². The summed E-state index contributed by atoms with van der Waals surface area (Å²) in [5, 5.41) is 6.09. The molecule has 3 rings (SSSR count). The second-order valence-corrected chi connectivity index (χ2v) is 6.70. The zero-order valence-corrected chi connectivity index (χ0v) is 16.4. The number of amides is 1. The van der Waals surface area contributed by atoms with E-state index in [1.54, 1.807) is 13.3 Å². The molecule has 3 heterocycles. The van der Waals surface area contributed by atoms with Crippen molar-refractivity contribution in [2.24, 2.45) is 0 Å². The SMILES string of the molecule is COCCNC(=O)CN1CCO[C@@H](c2ccc(Nc3cccc(C)n3)cn2)C1. The first-order valence-corrected chi connectivity index (χ1v) is 9.40. The molecule has 0 spiro atoms. The molecule has 2 aromatic heterocycles. The van der Waals surface area contributed by atoms with Crippen LogP contribution < -0.4 is 10.6 Å². The van der Waals surface area contributed by atoms with Gasteiger partial charge in [-0.2, -0.15) is 0 Å². The Labute approximate surface area is 165 Å². The molecule has 1 aliphatic rings. The van der Waals surface area contributed by atoms with Crippen molar-refractivity contribution in [1.82, 2.24) is 20.2 Å². The minimum Gasteiger partial charge on any atom is -0.383 e. The lowest BCUT2D eigenvalue weighted by Gasteiger charge is -2.32. The van der Waals surface area contributed by atoms with Gasteiger partial charge < -0.3 is 20.1 Å². The van der Waals surface area contributed by atoms with E-state index in [0.717, 1.165) is 29.4 Å². The lowest BCUT2D eigenvalue weighted by Crippen LogP contribution is -2.44. The molecule has 8 nitrogen and oxygen atoms in total. The lowest BCUT2D eigenvalue weighted by atomic mass is 10.2. The lowest BCUT2D eigenvalue weighted by molar-refractivity contribution is -0.124. The van der Waals surface area contributed by atoms with E-state index >= 15 is 0 Å². The molecule has 0 radical (unpaired) electrons. The van der Waals surface area contributed by atoms with Gasteiger partial charge in [0, 0.05) is 32.4 Å². The first-order valence-electron chi connectivity index (χ1n) is 9.40. The third-order valence-electron chi connectivity index (χ3n) is 4.42. The fourth-order valence-electron chi connectivity index (χ4n) is 3.01. The summed E-state index contributed by atoms with van der Waals surface area (Å²) in [7, 11) is 1.62. The van der Waals surface area contributed by atoms with Crippen LogP contribution in [0.3, 0.4) is 0 Å². The molecule has 0 aromatic carbocycles. The largest absolute Gasteiger partial charge is 0.383 e. The fraction of sp³-hybridized carbons (Fsp3) is 0.450. The Bertz CT molecular complexity index is 769. The molecule has 150 valence electrons. The molecule has 2 N–H and O–H groups in total. The number of aromatic nitrogens is 2. The maximum atomic E-state index is 12.0. The molecule has 1 atom stereocenters. The topological polar surface area (TPSA) is 88.6 Å². The Morgan fingerprint density at radius 1 is 1.36 bits per heavy atom. The molecule has 0 saturated carbocycles. The van der Waals surface area contributed by atoms with Gasteiger partial charge in [0.1, 0.15) is 11.9 Å². The number of rotatable bonds is 8. The molecular weight excluding hydrogens is 358 g/mol. The summed E-state index contributed by atoms with van der Waals surface area (Å²) in [5.74, 6) is 0.782. The summed E-state index contributed by atoms with van der Waals surface area (Å²) in [6.07, 6.45) is 1.63. The van der Waals surface area contributed by atoms with Crippen LogP contribution >= 0.6 is 0 Å². The highest BCUT2D eigenvalue weighted by Crippen LogP contribution is 2.22. The summed E-state index contributed by atoms with van der Waals surface area (Å²) in [5.41, 5.74) is 2.68. The summed E-state index contributed by atoms with van der Waals surface area (Å²) in [6.45, 7) is 5.28. The number of carbonyl (C=O) groups excluding carboxylic acids is 1. The molecule has 2 aromatic rings. The smallest absolute Gasteiger partial charge is 0.234 e. The predicted octanol–water partition coefficient (Wildman–Crippen LogP) is 1.66. The number of pyridine rings is 2. The minimum absolute atomic E-state index is 0.00383. The van der Waals surface area contributed by atoms with E-state index in [0.29, 0.717) is 32.8 Å². The van der Waals surface area contributed by atoms with Gasteiger partial charge in [0.15, 0.2) is 0 Å². The number of hydrogen-bond acceptors (Lipinski definition) is 7. The number of nitrogens with zero attached hydrogens (tertiary/aromatic N) is 3. The second-order valence-electron chi connectivity index (χ2n) is 6.70. The van der Waals surface area contributed by atoms with Gasteiger partial charge in [0.05, 0.1) is 37.3 Å². The van der Waals surface area contributed by atoms with Crippen LogP contribution in [0.4, 0.5) is 11.5 Å². The molecule has 8 heteroatoms. The Hall–Kier alpha value is -2.55. The Balaban J connectivity index is 1.53. The predicted molar refractivity (Wildman–Crippen MR) is 107 cm³/mol. The summed E-state index contributed by atoms with van der Waals surface area (Å²) >= 11 is 0. The maximum absolute atomic E-state index is 12.0. The number of hydrogen-bond donors (Lipinski definition) is 2. The van der Waals surface area contributed by atoms with Gasteiger partial charge in [-0.15, -0.1) is 0 Å². The van der Waals surface area contributed by atoms with E-state index in [1.165, 1.54) is 0 Å². The summed E-state index contributed by atoms with van der Waals surface area (Å²) < 4.78 is 10.8. The van der Waals surface area contributed by atoms with Crippen molar-refractivity contribution < 1.29 is 14.3 Å². The van der Waals surface area contributed by atoms with Crippen molar-refractivity contribution in [2.45, 2.75) is 13.0 Å². The highest BCUT2D eigenvalue weighted by molar-refractivity contribution is 5.78. The highest BCUT2D eigenvalue weighted by atomic mass is 16.5. The van der Waals surface area contributed by atoms with Gasteiger partial charge in [-0.1, -0.05) is 6.07 Å². The molecule has 1 fully saturated rings. The van der Waals surface area contributed by atoms with Crippen molar-refractivity contribution in [1.29, 1.82) is 0 Å². The average Bonchev–Trinajstić information content (AvgIpc) is 2.69. The van der Waals surface area contributed by atoms with E-state index in [9.17, 15) is 4.79 Å². The number of carbonyl (C=O) groups is 1. The number of morpholine rings is 1. The Kier molecular flexibility index (Phi) is 7.30. The molecule has 0 bridgehead atoms. The maximum Gasteiger partial charge on any atom is 0.234 e. The normalized spacial score (nSPS) is 17.3. The standard InChI is InChI=1S/C20H27N5O3/c1-15-4-3-5-19(23-15)24-16-6-7-17(22-12-16)18-13-25(9-11-28-18)14-20(26)21-8-10-27-2/h3-7,12,18H,8-11,13-14H2,1-2H3,(H,21,26)(H,23,24)/t18-/m1/s1. The Morgan fingerprint density at radius 2 is 2.25 bits per heavy atom. The first kappa shape index (κ1) is 20.2. The zero-order valence-electron chi connectivity index (χ0n) is 16.4. The zero-order chi connectivity index (χ0) is 19.8. The minimum atomic E-state index is -0.147. The molecule has 0 unspecified atom stereocenters. The van der Waals surface area contributed by atoms with Crippen LogP contribution in [0.25, 0.3) is 0 Å². The van der Waals surface area contributed by atoms with E-state index in [-0.39, 0.29) is 12.0 Å². The van der Waals surface area contributed by atoms with Crippen LogP contribution in [0.2, 0.25) is 0 Å². The van der Waals surface area contributed by atoms with E-state index in [2.05, 4.69) is 25.5 Å². The van der Waals surface area contributed by atoms with Gasteiger partial charge in [-0.3, -0.25) is 14.7 Å². The second kappa shape index (κ2) is 10.1. The van der Waals surface area contributed by atoms with Gasteiger partial charge in [0.2, 0.25) is 5.91 Å². The first-order chi connectivity index (χ1) is 13.6. The van der Waals surface area contributed by atoms with Crippen molar-refractivity contribution >= 4 is 17.4 Å². The van der Waals surface area contributed by atoms with E-state index in [1.807, 2.05) is 37.3 Å². The van der Waals surface area contributed by atoms with E-state index in [4.69, 9.17) is 9.47 Å². The van der Waals surface area contributed by atoms with Crippen LogP contribution in [0.1, 0.15) is 17.5 Å². The average molecular weight is 385 g/mol. The van der Waals surface area contributed by atoms with Crippen LogP contribution in [-0.2, 0) is 14.3 Å². The van der Waals surface area contributed by atoms with Crippen molar-refractivity contribution in [3.8, 4) is 0 Å². The van der Waals surface area contributed by atoms with Crippen molar-refractivity contribution in [2.75, 3.05) is 51.8 Å². The third-order valence-corrected chi connectivity index (χ3v) is 4.42. The Morgan fingerprint density at radius 3 is 3.00 bits per heavy atom. The molecular formula is C20H27N5O3. The van der Waals surface area contributed by atoms with Gasteiger partial charge in [-0.25, -0.2) is 4.98 Å². The highest BCUT2D eigenvalue weighted by Gasteiger charge is 2.24. The summed E-state index contributed by atoms with van der Waals surface area (Å²) in [4.78, 5) is 23.0. The van der Waals surface area contributed by atoms with Crippen molar-refractivity contribution in [3.05, 3.63) is 47.9 Å². The third kappa shape index (κ3) is 5.98. The number of methoxy groups -OCH3 is 1. The molecule has 1 amide bonds. The van der Waals surface area contributed by atoms with Crippen LogP contribution in [0, 0.1) is 6.92 Å². The van der Waals surface area contributed by atoms with Crippen LogP contribution in [0.5, 0.6) is 0 Å². The summed E-state index contributed by atoms with van der Waals surface area (Å²) in [6, 6.07) is 9.75. The number of aryl methyl sites for hydroxylation is 1. The van der Waals surface area contributed by atoms with Crippen LogP contribution in [-0.4, -0.2) is 67.3 Å². The van der Waals surface area contributed by atoms with Gasteiger partial charge in [-0.05, 0) is 31.2 Å². The van der Waals surface area contributed by atoms with Crippen LogP contribution in [0.15, 0.2) is 36.5 Å². The molecule has 0 aliphatic carbocycles. The monoisotopic (exact) mass is 385 g/mol. The fourth-order valence-corrected chi connectivity index (χ4v) is 3.01. The molecule has 1 aliphatic heterocycles. The van der Waals surface area contributed by atoms with Gasteiger partial charge in [0.25, 0.3) is 0 Å². The van der Waals surface area contributed by atoms with Gasteiger partial charge >= 0.3 is 0 Å². The number of nitrogens with one attached hydrogen (secondary N) is 2. The molecule has 28 heavy (non-hydrogen) atoms. The van der Waals surface area contributed by atoms with E-state index < -0.39 is 0 Å². The number of anilines is 2. The number of ether oxygens (including phenoxy) is 2. The quantitative estimate of drug-likeness (QED) is 0.668.